The monoisotopic (exact) mass is 304 g/mol. The average molecular weight is 304 g/mol. The van der Waals surface area contributed by atoms with Gasteiger partial charge in [0.05, 0.1) is 0 Å². The van der Waals surface area contributed by atoms with E-state index < -0.39 is 0 Å². The molecular formula is C14H20N6S. The molecule has 0 unspecified atom stereocenters. The van der Waals surface area contributed by atoms with Gasteiger partial charge >= 0.3 is 0 Å². The summed E-state index contributed by atoms with van der Waals surface area (Å²) in [4.78, 5) is 17.8. The second-order valence-electron chi connectivity index (χ2n) is 5.19. The number of anilines is 2. The number of nitrogens with zero attached hydrogens (tertiary/aromatic N) is 6. The molecule has 1 fully saturated rings. The number of aromatic nitrogens is 4. The zero-order valence-corrected chi connectivity index (χ0v) is 13.3. The molecule has 6 nitrogen and oxygen atoms in total. The Morgan fingerprint density at radius 3 is 2.71 bits per heavy atom. The lowest BCUT2D eigenvalue weighted by molar-refractivity contribution is 0.793. The maximum absolute atomic E-state index is 4.60. The molecular weight excluding hydrogens is 284 g/mol. The minimum atomic E-state index is 0.899. The molecule has 21 heavy (non-hydrogen) atoms. The molecule has 0 radical (unpaired) electrons. The summed E-state index contributed by atoms with van der Waals surface area (Å²) >= 11 is 1.51. The van der Waals surface area contributed by atoms with Crippen molar-refractivity contribution in [2.45, 2.75) is 26.7 Å². The van der Waals surface area contributed by atoms with E-state index in [-0.39, 0.29) is 0 Å². The first-order chi connectivity index (χ1) is 10.3. The van der Waals surface area contributed by atoms with Crippen LogP contribution in [0.3, 0.4) is 0 Å². The van der Waals surface area contributed by atoms with Crippen molar-refractivity contribution in [3.05, 3.63) is 23.9 Å². The van der Waals surface area contributed by atoms with E-state index in [1.54, 1.807) is 6.33 Å². The molecule has 0 aliphatic carbocycles. The summed E-state index contributed by atoms with van der Waals surface area (Å²) in [5, 5.41) is 1.05. The first-order valence-corrected chi connectivity index (χ1v) is 8.14. The van der Waals surface area contributed by atoms with Crippen molar-refractivity contribution in [3.8, 4) is 0 Å². The lowest BCUT2D eigenvalue weighted by Crippen LogP contribution is -2.31. The fourth-order valence-electron chi connectivity index (χ4n) is 2.47. The highest BCUT2D eigenvalue weighted by Crippen LogP contribution is 2.21. The Balaban J connectivity index is 1.69. The normalized spacial score (nSPS) is 16.1. The predicted octanol–water partition coefficient (Wildman–Crippen LogP) is 1.92. The molecule has 0 N–H and O–H groups in total. The largest absolute Gasteiger partial charge is 0.355 e. The van der Waals surface area contributed by atoms with E-state index in [0.717, 1.165) is 61.5 Å². The van der Waals surface area contributed by atoms with Gasteiger partial charge in [-0.2, -0.15) is 4.37 Å². The Bertz CT molecular complexity index is 599. The van der Waals surface area contributed by atoms with Crippen molar-refractivity contribution in [3.63, 3.8) is 0 Å². The molecule has 112 valence electrons. The van der Waals surface area contributed by atoms with Crippen LogP contribution < -0.4 is 9.80 Å². The zero-order chi connectivity index (χ0) is 14.7. The van der Waals surface area contributed by atoms with Crippen LogP contribution in [0.25, 0.3) is 0 Å². The van der Waals surface area contributed by atoms with Crippen LogP contribution in [0.2, 0.25) is 0 Å². The quantitative estimate of drug-likeness (QED) is 0.863. The molecule has 2 aromatic rings. The molecule has 0 atom stereocenters. The molecule has 0 amide bonds. The standard InChI is InChI=1S/C14H20N6S/c1-3-12-17-14(21-18-12)20-6-4-5-19(7-8-20)13-9-11(2)15-10-16-13/h9-10H,3-8H2,1-2H3. The summed E-state index contributed by atoms with van der Waals surface area (Å²) in [7, 11) is 0. The first kappa shape index (κ1) is 14.2. The summed E-state index contributed by atoms with van der Waals surface area (Å²) in [5.41, 5.74) is 1.01. The maximum Gasteiger partial charge on any atom is 0.205 e. The number of hydrogen-bond acceptors (Lipinski definition) is 7. The lowest BCUT2D eigenvalue weighted by atomic mass is 10.3. The Kier molecular flexibility index (Phi) is 4.28. The van der Waals surface area contributed by atoms with Crippen molar-refractivity contribution in [1.29, 1.82) is 0 Å². The maximum atomic E-state index is 4.60. The fourth-order valence-corrected chi connectivity index (χ4v) is 3.27. The van der Waals surface area contributed by atoms with Crippen LogP contribution in [0.5, 0.6) is 0 Å². The Morgan fingerprint density at radius 2 is 1.95 bits per heavy atom. The second-order valence-corrected chi connectivity index (χ2v) is 5.92. The summed E-state index contributed by atoms with van der Waals surface area (Å²) in [6.07, 6.45) is 3.65. The van der Waals surface area contributed by atoms with Gasteiger partial charge in [0.15, 0.2) is 0 Å². The van der Waals surface area contributed by atoms with Crippen molar-refractivity contribution < 1.29 is 0 Å². The van der Waals surface area contributed by atoms with E-state index in [1.807, 2.05) is 6.92 Å². The molecule has 0 saturated carbocycles. The van der Waals surface area contributed by atoms with Gasteiger partial charge in [0, 0.05) is 55.9 Å². The van der Waals surface area contributed by atoms with E-state index in [9.17, 15) is 0 Å². The molecule has 0 bridgehead atoms. The smallest absolute Gasteiger partial charge is 0.205 e. The van der Waals surface area contributed by atoms with Gasteiger partial charge in [0.2, 0.25) is 5.13 Å². The lowest BCUT2D eigenvalue weighted by Gasteiger charge is -2.22. The molecule has 1 aliphatic heterocycles. The van der Waals surface area contributed by atoms with Crippen LogP contribution in [0.4, 0.5) is 10.9 Å². The van der Waals surface area contributed by atoms with Crippen molar-refractivity contribution >= 4 is 22.5 Å². The van der Waals surface area contributed by atoms with E-state index in [1.165, 1.54) is 11.5 Å². The first-order valence-electron chi connectivity index (χ1n) is 7.37. The van der Waals surface area contributed by atoms with Crippen molar-refractivity contribution in [2.75, 3.05) is 36.0 Å². The van der Waals surface area contributed by atoms with Gasteiger partial charge < -0.3 is 9.80 Å². The van der Waals surface area contributed by atoms with Gasteiger partial charge in [-0.15, -0.1) is 0 Å². The summed E-state index contributed by atoms with van der Waals surface area (Å²) in [6.45, 7) is 8.06. The van der Waals surface area contributed by atoms with Gasteiger partial charge in [-0.05, 0) is 13.3 Å². The number of aryl methyl sites for hydroxylation is 2. The Hall–Kier alpha value is -1.76. The van der Waals surface area contributed by atoms with E-state index in [2.05, 4.69) is 42.1 Å². The van der Waals surface area contributed by atoms with E-state index >= 15 is 0 Å². The fraction of sp³-hybridized carbons (Fsp3) is 0.571. The number of hydrogen-bond donors (Lipinski definition) is 0. The molecule has 2 aromatic heterocycles. The second kappa shape index (κ2) is 6.34. The van der Waals surface area contributed by atoms with Gasteiger partial charge in [-0.1, -0.05) is 6.92 Å². The molecule has 0 aromatic carbocycles. The van der Waals surface area contributed by atoms with Crippen LogP contribution in [0, 0.1) is 6.92 Å². The topological polar surface area (TPSA) is 58.0 Å². The minimum absolute atomic E-state index is 0.899. The molecule has 0 spiro atoms. The van der Waals surface area contributed by atoms with E-state index in [0.29, 0.717) is 0 Å². The summed E-state index contributed by atoms with van der Waals surface area (Å²) in [5.74, 6) is 1.97. The third-order valence-corrected chi connectivity index (χ3v) is 4.47. The number of rotatable bonds is 3. The molecule has 7 heteroatoms. The minimum Gasteiger partial charge on any atom is -0.355 e. The van der Waals surface area contributed by atoms with Crippen molar-refractivity contribution in [2.24, 2.45) is 0 Å². The third-order valence-electron chi connectivity index (χ3n) is 3.65. The van der Waals surface area contributed by atoms with Gasteiger partial charge in [-0.25, -0.2) is 15.0 Å². The van der Waals surface area contributed by atoms with Gasteiger partial charge in [-0.3, -0.25) is 0 Å². The van der Waals surface area contributed by atoms with Gasteiger partial charge in [0.1, 0.15) is 18.0 Å². The summed E-state index contributed by atoms with van der Waals surface area (Å²) < 4.78 is 4.38. The van der Waals surface area contributed by atoms with Crippen molar-refractivity contribution in [1.82, 2.24) is 19.3 Å². The van der Waals surface area contributed by atoms with Crippen LogP contribution in [-0.2, 0) is 6.42 Å². The predicted molar refractivity (Wildman–Crippen MR) is 85.1 cm³/mol. The zero-order valence-electron chi connectivity index (χ0n) is 12.5. The molecule has 3 heterocycles. The Labute approximate surface area is 129 Å². The Morgan fingerprint density at radius 1 is 1.14 bits per heavy atom. The SMILES string of the molecule is CCc1nsc(N2CCCN(c3cc(C)ncn3)CC2)n1. The van der Waals surface area contributed by atoms with Crippen LogP contribution in [0.15, 0.2) is 12.4 Å². The van der Waals surface area contributed by atoms with Crippen LogP contribution in [-0.4, -0.2) is 45.5 Å². The molecule has 1 aliphatic rings. The summed E-state index contributed by atoms with van der Waals surface area (Å²) in [6, 6.07) is 2.05. The highest BCUT2D eigenvalue weighted by Gasteiger charge is 2.18. The molecule has 3 rings (SSSR count). The molecule has 1 saturated heterocycles. The van der Waals surface area contributed by atoms with Crippen LogP contribution in [0.1, 0.15) is 24.9 Å². The third kappa shape index (κ3) is 3.29. The highest BCUT2D eigenvalue weighted by molar-refractivity contribution is 7.09. The van der Waals surface area contributed by atoms with Crippen LogP contribution >= 0.6 is 11.5 Å². The van der Waals surface area contributed by atoms with Gasteiger partial charge in [0.25, 0.3) is 0 Å². The average Bonchev–Trinajstić information content (AvgIpc) is 2.84. The highest BCUT2D eigenvalue weighted by atomic mass is 32.1. The van der Waals surface area contributed by atoms with E-state index in [4.69, 9.17) is 0 Å².